The van der Waals surface area contributed by atoms with E-state index in [0.717, 1.165) is 13.0 Å². The van der Waals surface area contributed by atoms with Crippen LogP contribution in [-0.4, -0.2) is 29.4 Å². The van der Waals surface area contributed by atoms with Gasteiger partial charge in [-0.15, -0.1) is 0 Å². The van der Waals surface area contributed by atoms with Crippen LogP contribution in [0.4, 0.5) is 0 Å². The zero-order chi connectivity index (χ0) is 17.5. The maximum Gasteiger partial charge on any atom is 0.332 e. The van der Waals surface area contributed by atoms with Crippen molar-refractivity contribution < 1.29 is 5.11 Å². The molecule has 1 saturated carbocycles. The second kappa shape index (κ2) is 6.20. The number of aryl methyl sites for hydroxylation is 1. The minimum absolute atomic E-state index is 0.255. The fourth-order valence-electron chi connectivity index (χ4n) is 3.06. The molecule has 1 aliphatic rings. The minimum Gasteiger partial charge on any atom is -0.390 e. The molecule has 1 aliphatic carbocycles. The number of hydrogen-bond acceptors (Lipinski definition) is 4. The summed E-state index contributed by atoms with van der Waals surface area (Å²) < 4.78 is 4.65. The SMILES string of the molecule is Cn1c(=O)n(CCCCC(C)(C)O)c(=O)c2c1ncn2CC1CC1. The monoisotopic (exact) mass is 334 g/mol. The van der Waals surface area contributed by atoms with Crippen LogP contribution in [0, 0.1) is 5.92 Å². The van der Waals surface area contributed by atoms with E-state index in [-0.39, 0.29) is 11.2 Å². The molecule has 1 fully saturated rings. The van der Waals surface area contributed by atoms with Gasteiger partial charge in [0.2, 0.25) is 0 Å². The van der Waals surface area contributed by atoms with Gasteiger partial charge in [-0.05, 0) is 51.9 Å². The van der Waals surface area contributed by atoms with E-state index in [1.54, 1.807) is 27.2 Å². The van der Waals surface area contributed by atoms with E-state index in [4.69, 9.17) is 0 Å². The van der Waals surface area contributed by atoms with E-state index >= 15 is 0 Å². The van der Waals surface area contributed by atoms with Crippen molar-refractivity contribution >= 4 is 11.2 Å². The van der Waals surface area contributed by atoms with Crippen LogP contribution in [0.3, 0.4) is 0 Å². The number of aliphatic hydroxyl groups is 1. The Morgan fingerprint density at radius 1 is 1.29 bits per heavy atom. The molecule has 0 spiro atoms. The first-order valence-electron chi connectivity index (χ1n) is 8.65. The summed E-state index contributed by atoms with van der Waals surface area (Å²) in [5.74, 6) is 0.624. The smallest absolute Gasteiger partial charge is 0.332 e. The highest BCUT2D eigenvalue weighted by Crippen LogP contribution is 2.31. The first-order valence-corrected chi connectivity index (χ1v) is 8.65. The standard InChI is InChI=1S/C17H26N4O3/c1-17(2,24)8-4-5-9-21-15(22)13-14(19(3)16(21)23)18-11-20(13)10-12-6-7-12/h11-12,24H,4-10H2,1-3H3. The maximum absolute atomic E-state index is 12.8. The summed E-state index contributed by atoms with van der Waals surface area (Å²) in [4.78, 5) is 29.6. The Kier molecular flexibility index (Phi) is 4.38. The van der Waals surface area contributed by atoms with Gasteiger partial charge < -0.3 is 9.67 Å². The van der Waals surface area contributed by atoms with Crippen molar-refractivity contribution in [2.45, 2.75) is 64.6 Å². The van der Waals surface area contributed by atoms with Gasteiger partial charge in [-0.25, -0.2) is 9.78 Å². The molecule has 0 bridgehead atoms. The van der Waals surface area contributed by atoms with E-state index in [1.807, 2.05) is 4.57 Å². The fraction of sp³-hybridized carbons (Fsp3) is 0.706. The Hall–Kier alpha value is -1.89. The number of hydrogen-bond donors (Lipinski definition) is 1. The van der Waals surface area contributed by atoms with Gasteiger partial charge in [-0.3, -0.25) is 13.9 Å². The molecule has 132 valence electrons. The van der Waals surface area contributed by atoms with Gasteiger partial charge >= 0.3 is 5.69 Å². The van der Waals surface area contributed by atoms with Gasteiger partial charge in [0.05, 0.1) is 11.9 Å². The normalized spacial score (nSPS) is 15.3. The highest BCUT2D eigenvalue weighted by Gasteiger charge is 2.24. The fourth-order valence-corrected chi connectivity index (χ4v) is 3.06. The van der Waals surface area contributed by atoms with E-state index in [1.165, 1.54) is 22.0 Å². The van der Waals surface area contributed by atoms with Crippen LogP contribution in [-0.2, 0) is 20.1 Å². The third-order valence-electron chi connectivity index (χ3n) is 4.67. The number of imidazole rings is 1. The summed E-state index contributed by atoms with van der Waals surface area (Å²) in [5, 5.41) is 9.76. The van der Waals surface area contributed by atoms with Gasteiger partial charge in [-0.1, -0.05) is 0 Å². The summed E-state index contributed by atoms with van der Waals surface area (Å²) in [7, 11) is 1.66. The van der Waals surface area contributed by atoms with E-state index in [0.29, 0.717) is 36.5 Å². The predicted molar refractivity (Wildman–Crippen MR) is 92.1 cm³/mol. The minimum atomic E-state index is -0.719. The average Bonchev–Trinajstić information content (AvgIpc) is 3.20. The van der Waals surface area contributed by atoms with Gasteiger partial charge in [0, 0.05) is 20.1 Å². The Balaban J connectivity index is 1.89. The second-order valence-electron chi connectivity index (χ2n) is 7.58. The molecule has 0 aliphatic heterocycles. The molecule has 2 aromatic rings. The maximum atomic E-state index is 12.8. The first-order chi connectivity index (χ1) is 11.3. The van der Waals surface area contributed by atoms with Gasteiger partial charge in [0.15, 0.2) is 11.2 Å². The van der Waals surface area contributed by atoms with Crippen molar-refractivity contribution in [3.05, 3.63) is 27.2 Å². The van der Waals surface area contributed by atoms with Gasteiger partial charge in [0.1, 0.15) is 0 Å². The Labute approximate surface area is 140 Å². The summed E-state index contributed by atoms with van der Waals surface area (Å²) >= 11 is 0. The molecule has 1 N–H and O–H groups in total. The summed E-state index contributed by atoms with van der Waals surface area (Å²) in [6.07, 6.45) is 6.14. The molecule has 3 rings (SSSR count). The zero-order valence-electron chi connectivity index (χ0n) is 14.7. The van der Waals surface area contributed by atoms with Crippen molar-refractivity contribution in [2.24, 2.45) is 13.0 Å². The Morgan fingerprint density at radius 2 is 2.00 bits per heavy atom. The molecule has 7 heteroatoms. The lowest BCUT2D eigenvalue weighted by molar-refractivity contribution is 0.0678. The largest absolute Gasteiger partial charge is 0.390 e. The summed E-state index contributed by atoms with van der Waals surface area (Å²) in [6.45, 7) is 4.69. The van der Waals surface area contributed by atoms with Crippen LogP contribution >= 0.6 is 0 Å². The zero-order valence-corrected chi connectivity index (χ0v) is 14.7. The number of fused-ring (bicyclic) bond motifs is 1. The highest BCUT2D eigenvalue weighted by molar-refractivity contribution is 5.69. The highest BCUT2D eigenvalue weighted by atomic mass is 16.3. The van der Waals surface area contributed by atoms with Crippen LogP contribution in [0.1, 0.15) is 46.0 Å². The molecular formula is C17H26N4O3. The lowest BCUT2D eigenvalue weighted by atomic mass is 10.0. The van der Waals surface area contributed by atoms with Crippen molar-refractivity contribution in [1.82, 2.24) is 18.7 Å². The number of unbranched alkanes of at least 4 members (excludes halogenated alkanes) is 1. The van der Waals surface area contributed by atoms with Crippen LogP contribution in [0.25, 0.3) is 11.2 Å². The number of rotatable bonds is 7. The van der Waals surface area contributed by atoms with Gasteiger partial charge in [0.25, 0.3) is 5.56 Å². The Bertz CT molecular complexity index is 850. The lowest BCUT2D eigenvalue weighted by Gasteiger charge is -2.16. The molecule has 0 unspecified atom stereocenters. The van der Waals surface area contributed by atoms with E-state index in [9.17, 15) is 14.7 Å². The number of aromatic nitrogens is 4. The molecule has 2 aromatic heterocycles. The third kappa shape index (κ3) is 3.45. The summed E-state index contributed by atoms with van der Waals surface area (Å²) in [5.41, 5.74) is -0.324. The molecular weight excluding hydrogens is 308 g/mol. The molecule has 0 saturated heterocycles. The van der Waals surface area contributed by atoms with Crippen molar-refractivity contribution in [2.75, 3.05) is 0 Å². The number of nitrogens with zero attached hydrogens (tertiary/aromatic N) is 4. The van der Waals surface area contributed by atoms with E-state index < -0.39 is 5.60 Å². The molecule has 0 amide bonds. The van der Waals surface area contributed by atoms with Crippen molar-refractivity contribution in [3.63, 3.8) is 0 Å². The quantitative estimate of drug-likeness (QED) is 0.773. The first kappa shape index (κ1) is 17.0. The molecule has 7 nitrogen and oxygen atoms in total. The molecule has 2 heterocycles. The summed E-state index contributed by atoms with van der Waals surface area (Å²) in [6, 6.07) is 0. The average molecular weight is 334 g/mol. The second-order valence-corrected chi connectivity index (χ2v) is 7.58. The van der Waals surface area contributed by atoms with Crippen molar-refractivity contribution in [1.29, 1.82) is 0 Å². The Morgan fingerprint density at radius 3 is 2.62 bits per heavy atom. The van der Waals surface area contributed by atoms with Crippen LogP contribution in [0.5, 0.6) is 0 Å². The van der Waals surface area contributed by atoms with Crippen LogP contribution in [0.15, 0.2) is 15.9 Å². The lowest BCUT2D eigenvalue weighted by Crippen LogP contribution is -2.39. The third-order valence-corrected chi connectivity index (χ3v) is 4.67. The topological polar surface area (TPSA) is 82.0 Å². The van der Waals surface area contributed by atoms with Crippen molar-refractivity contribution in [3.8, 4) is 0 Å². The van der Waals surface area contributed by atoms with E-state index in [2.05, 4.69) is 4.98 Å². The van der Waals surface area contributed by atoms with Gasteiger partial charge in [-0.2, -0.15) is 0 Å². The van der Waals surface area contributed by atoms with Crippen LogP contribution < -0.4 is 11.2 Å². The molecule has 24 heavy (non-hydrogen) atoms. The molecule has 0 radical (unpaired) electrons. The van der Waals surface area contributed by atoms with Crippen LogP contribution in [0.2, 0.25) is 0 Å². The molecule has 0 atom stereocenters. The molecule has 0 aromatic carbocycles. The predicted octanol–water partition coefficient (Wildman–Crippen LogP) is 1.25.